The van der Waals surface area contributed by atoms with Gasteiger partial charge in [-0.15, -0.1) is 36.9 Å². The fourth-order valence-corrected chi connectivity index (χ4v) is 2.99. The summed E-state index contributed by atoms with van der Waals surface area (Å²) in [5, 5.41) is 0. The van der Waals surface area contributed by atoms with Crippen LogP contribution < -0.4 is 10.5 Å². The average Bonchev–Trinajstić information content (AvgIpc) is 2.74. The monoisotopic (exact) mass is 387 g/mol. The van der Waals surface area contributed by atoms with Gasteiger partial charge in [0.1, 0.15) is 5.75 Å². The Labute approximate surface area is 132 Å². The zero-order valence-electron chi connectivity index (χ0n) is 9.86. The SMILES string of the molecule is Cl.N[C@@H](c1ccc(OC(F)(F)F)cc1)c1ccc(Br)s1. The number of ether oxygens (including phenoxy) is 1. The van der Waals surface area contributed by atoms with Crippen LogP contribution in [0.15, 0.2) is 40.2 Å². The second-order valence-corrected chi connectivity index (χ2v) is 6.23. The minimum Gasteiger partial charge on any atom is -0.406 e. The van der Waals surface area contributed by atoms with E-state index >= 15 is 0 Å². The second kappa shape index (κ2) is 6.80. The van der Waals surface area contributed by atoms with Crippen LogP contribution in [0.4, 0.5) is 13.2 Å². The quantitative estimate of drug-likeness (QED) is 0.813. The fraction of sp³-hybridized carbons (Fsp3) is 0.167. The van der Waals surface area contributed by atoms with E-state index in [9.17, 15) is 13.2 Å². The highest BCUT2D eigenvalue weighted by molar-refractivity contribution is 9.11. The maximum atomic E-state index is 12.0. The van der Waals surface area contributed by atoms with Crippen LogP contribution in [-0.2, 0) is 0 Å². The first kappa shape index (κ1) is 17.3. The number of benzene rings is 1. The molecule has 0 amide bonds. The van der Waals surface area contributed by atoms with Crippen LogP contribution in [-0.4, -0.2) is 6.36 Å². The molecule has 0 saturated carbocycles. The minimum absolute atomic E-state index is 0. The largest absolute Gasteiger partial charge is 0.573 e. The Morgan fingerprint density at radius 2 is 1.70 bits per heavy atom. The molecule has 0 saturated heterocycles. The molecular formula is C12H10BrClF3NOS. The molecule has 0 spiro atoms. The van der Waals surface area contributed by atoms with Gasteiger partial charge in [0.2, 0.25) is 0 Å². The fourth-order valence-electron chi connectivity index (χ4n) is 1.54. The molecule has 1 aromatic heterocycles. The van der Waals surface area contributed by atoms with Gasteiger partial charge in [-0.1, -0.05) is 12.1 Å². The van der Waals surface area contributed by atoms with Crippen molar-refractivity contribution in [1.29, 1.82) is 0 Å². The third-order valence-corrected chi connectivity index (χ3v) is 4.08. The normalized spacial score (nSPS) is 12.7. The highest BCUT2D eigenvalue weighted by Crippen LogP contribution is 2.31. The molecule has 110 valence electrons. The van der Waals surface area contributed by atoms with Crippen molar-refractivity contribution in [3.05, 3.63) is 50.6 Å². The topological polar surface area (TPSA) is 35.2 Å². The Hall–Kier alpha value is -0.760. The van der Waals surface area contributed by atoms with Crippen LogP contribution in [0.2, 0.25) is 0 Å². The van der Waals surface area contributed by atoms with Gasteiger partial charge in [-0.3, -0.25) is 0 Å². The predicted molar refractivity (Wildman–Crippen MR) is 78.4 cm³/mol. The molecule has 1 atom stereocenters. The van der Waals surface area contributed by atoms with E-state index in [2.05, 4.69) is 20.7 Å². The predicted octanol–water partition coefficient (Wildman–Crippen LogP) is 4.88. The molecule has 0 fully saturated rings. The van der Waals surface area contributed by atoms with E-state index in [1.165, 1.54) is 35.6 Å². The van der Waals surface area contributed by atoms with Crippen LogP contribution in [0.3, 0.4) is 0 Å². The maximum Gasteiger partial charge on any atom is 0.573 e. The Balaban J connectivity index is 0.00000200. The Kier molecular flexibility index (Phi) is 5.88. The number of hydrogen-bond donors (Lipinski definition) is 1. The third kappa shape index (κ3) is 4.66. The lowest BCUT2D eigenvalue weighted by molar-refractivity contribution is -0.274. The van der Waals surface area contributed by atoms with Gasteiger partial charge in [-0.2, -0.15) is 0 Å². The lowest BCUT2D eigenvalue weighted by Crippen LogP contribution is -2.17. The number of thiophene rings is 1. The summed E-state index contributed by atoms with van der Waals surface area (Å²) in [5.41, 5.74) is 6.76. The summed E-state index contributed by atoms with van der Waals surface area (Å²) >= 11 is 4.82. The number of halogens is 5. The molecule has 0 aliphatic carbocycles. The molecule has 2 aromatic rings. The van der Waals surface area contributed by atoms with Crippen molar-refractivity contribution in [1.82, 2.24) is 0 Å². The van der Waals surface area contributed by atoms with Crippen molar-refractivity contribution in [2.45, 2.75) is 12.4 Å². The molecule has 1 heterocycles. The first-order valence-corrected chi connectivity index (χ1v) is 6.82. The van der Waals surface area contributed by atoms with Crippen molar-refractivity contribution >= 4 is 39.7 Å². The molecule has 8 heteroatoms. The van der Waals surface area contributed by atoms with E-state index in [1.54, 1.807) is 0 Å². The molecule has 0 aliphatic heterocycles. The van der Waals surface area contributed by atoms with Gasteiger partial charge in [0.05, 0.1) is 9.83 Å². The van der Waals surface area contributed by atoms with E-state index in [0.29, 0.717) is 0 Å². The van der Waals surface area contributed by atoms with Gasteiger partial charge in [0.25, 0.3) is 0 Å². The summed E-state index contributed by atoms with van der Waals surface area (Å²) in [6, 6.07) is 8.95. The van der Waals surface area contributed by atoms with Gasteiger partial charge in [-0.05, 0) is 45.8 Å². The molecule has 0 aliphatic rings. The van der Waals surface area contributed by atoms with E-state index in [0.717, 1.165) is 14.2 Å². The first-order valence-electron chi connectivity index (χ1n) is 5.22. The van der Waals surface area contributed by atoms with Crippen LogP contribution >= 0.6 is 39.7 Å². The molecule has 0 unspecified atom stereocenters. The summed E-state index contributed by atoms with van der Waals surface area (Å²) in [5.74, 6) is -0.254. The summed E-state index contributed by atoms with van der Waals surface area (Å²) in [6.45, 7) is 0. The van der Waals surface area contributed by atoms with Gasteiger partial charge >= 0.3 is 6.36 Å². The van der Waals surface area contributed by atoms with Crippen LogP contribution in [0.5, 0.6) is 5.75 Å². The minimum atomic E-state index is -4.68. The summed E-state index contributed by atoms with van der Waals surface area (Å²) in [6.07, 6.45) is -4.68. The van der Waals surface area contributed by atoms with Crippen molar-refractivity contribution in [2.24, 2.45) is 5.73 Å². The zero-order valence-corrected chi connectivity index (χ0v) is 13.1. The Bertz CT molecular complexity index is 559. The first-order chi connectivity index (χ1) is 8.85. The Morgan fingerprint density at radius 3 is 2.15 bits per heavy atom. The molecule has 2 rings (SSSR count). The standard InChI is InChI=1S/C12H9BrF3NOS.ClH/c13-10-6-5-9(19-10)11(17)7-1-3-8(4-2-7)18-12(14,15)16;/h1-6,11H,17H2;1H/t11-;/m0./s1. The van der Waals surface area contributed by atoms with Crippen molar-refractivity contribution < 1.29 is 17.9 Å². The molecular weight excluding hydrogens is 379 g/mol. The number of nitrogens with two attached hydrogens (primary N) is 1. The summed E-state index contributed by atoms with van der Waals surface area (Å²) < 4.78 is 40.8. The smallest absolute Gasteiger partial charge is 0.406 e. The Morgan fingerprint density at radius 1 is 1.10 bits per heavy atom. The maximum absolute atomic E-state index is 12.0. The van der Waals surface area contributed by atoms with E-state index < -0.39 is 6.36 Å². The van der Waals surface area contributed by atoms with Gasteiger partial charge < -0.3 is 10.5 Å². The number of rotatable bonds is 3. The van der Waals surface area contributed by atoms with Gasteiger partial charge in [0.15, 0.2) is 0 Å². The summed E-state index contributed by atoms with van der Waals surface area (Å²) in [7, 11) is 0. The number of alkyl halides is 3. The molecule has 1 aromatic carbocycles. The lowest BCUT2D eigenvalue weighted by Gasteiger charge is -2.12. The van der Waals surface area contributed by atoms with Crippen molar-refractivity contribution in [2.75, 3.05) is 0 Å². The van der Waals surface area contributed by atoms with Crippen LogP contribution in [0, 0.1) is 0 Å². The molecule has 0 bridgehead atoms. The van der Waals surface area contributed by atoms with Gasteiger partial charge in [0, 0.05) is 4.88 Å². The molecule has 2 N–H and O–H groups in total. The molecule has 0 radical (unpaired) electrons. The highest BCUT2D eigenvalue weighted by atomic mass is 79.9. The highest BCUT2D eigenvalue weighted by Gasteiger charge is 2.31. The average molecular weight is 389 g/mol. The van der Waals surface area contributed by atoms with E-state index in [4.69, 9.17) is 5.73 Å². The molecule has 20 heavy (non-hydrogen) atoms. The van der Waals surface area contributed by atoms with Gasteiger partial charge in [-0.25, -0.2) is 0 Å². The van der Waals surface area contributed by atoms with E-state index in [1.807, 2.05) is 12.1 Å². The zero-order chi connectivity index (χ0) is 14.0. The second-order valence-electron chi connectivity index (χ2n) is 3.74. The van der Waals surface area contributed by atoms with Crippen LogP contribution in [0.25, 0.3) is 0 Å². The van der Waals surface area contributed by atoms with E-state index in [-0.39, 0.29) is 24.2 Å². The molecule has 2 nitrogen and oxygen atoms in total. The van der Waals surface area contributed by atoms with Crippen molar-refractivity contribution in [3.8, 4) is 5.75 Å². The number of hydrogen-bond acceptors (Lipinski definition) is 3. The van der Waals surface area contributed by atoms with Crippen LogP contribution in [0.1, 0.15) is 16.5 Å². The summed E-state index contributed by atoms with van der Waals surface area (Å²) in [4.78, 5) is 0.927. The van der Waals surface area contributed by atoms with Crippen molar-refractivity contribution in [3.63, 3.8) is 0 Å². The lowest BCUT2D eigenvalue weighted by atomic mass is 10.1. The third-order valence-electron chi connectivity index (χ3n) is 2.37.